The third kappa shape index (κ3) is 8.50. The van der Waals surface area contributed by atoms with Crippen molar-refractivity contribution in [1.82, 2.24) is 10.3 Å². The van der Waals surface area contributed by atoms with Gasteiger partial charge in [-0.2, -0.15) is 4.39 Å². The smallest absolute Gasteiger partial charge is 0.212 e. The van der Waals surface area contributed by atoms with E-state index in [0.717, 1.165) is 0 Å². The predicted molar refractivity (Wildman–Crippen MR) is 141 cm³/mol. The van der Waals surface area contributed by atoms with Gasteiger partial charge in [-0.1, -0.05) is 6.07 Å². The molecule has 2 aromatic rings. The Bertz CT molecular complexity index is 1070. The number of nitrogens with one attached hydrogen (secondary N) is 1. The molecule has 1 aliphatic rings. The van der Waals surface area contributed by atoms with Crippen molar-refractivity contribution in [2.45, 2.75) is 39.0 Å². The minimum Gasteiger partial charge on any atom is -0.507 e. The summed E-state index contributed by atoms with van der Waals surface area (Å²) in [7, 11) is 3.75. The number of benzene rings is 1. The van der Waals surface area contributed by atoms with Gasteiger partial charge in [0.15, 0.2) is 5.78 Å². The molecule has 208 valence electrons. The molecule has 1 heterocycles. The van der Waals surface area contributed by atoms with Gasteiger partial charge in [-0.3, -0.25) is 14.4 Å². The Morgan fingerprint density at radius 1 is 1.19 bits per heavy atom. The Morgan fingerprint density at radius 3 is 2.41 bits per heavy atom. The van der Waals surface area contributed by atoms with Gasteiger partial charge in [0, 0.05) is 33.6 Å². The summed E-state index contributed by atoms with van der Waals surface area (Å²) in [5.41, 5.74) is 2.14. The number of rotatable bonds is 10. The van der Waals surface area contributed by atoms with Crippen molar-refractivity contribution in [2.75, 3.05) is 27.3 Å². The fourth-order valence-electron chi connectivity index (χ4n) is 4.82. The number of halogens is 1. The number of Topliss-reactive ketones (excluding diaryl/α,β-unsaturated/α-hetero) is 3. The molecule has 1 aliphatic carbocycles. The van der Waals surface area contributed by atoms with Crippen LogP contribution in [0.3, 0.4) is 0 Å². The van der Waals surface area contributed by atoms with Crippen molar-refractivity contribution in [3.63, 3.8) is 0 Å². The molecule has 3 unspecified atom stereocenters. The van der Waals surface area contributed by atoms with Gasteiger partial charge in [0.2, 0.25) is 5.95 Å². The van der Waals surface area contributed by atoms with Crippen molar-refractivity contribution >= 4 is 17.3 Å². The van der Waals surface area contributed by atoms with E-state index in [1.165, 1.54) is 25.3 Å². The molecule has 37 heavy (non-hydrogen) atoms. The van der Waals surface area contributed by atoms with Crippen molar-refractivity contribution in [2.24, 2.45) is 17.8 Å². The third-order valence-electron chi connectivity index (χ3n) is 6.31. The van der Waals surface area contributed by atoms with Crippen molar-refractivity contribution in [3.05, 3.63) is 47.5 Å². The highest BCUT2D eigenvalue weighted by atomic mass is 19.1. The number of carbonyl (C=O) groups is 3. The van der Waals surface area contributed by atoms with E-state index in [0.29, 0.717) is 29.5 Å². The maximum absolute atomic E-state index is 13.3. The van der Waals surface area contributed by atoms with E-state index in [1.807, 2.05) is 14.1 Å². The first-order chi connectivity index (χ1) is 17.2. The van der Waals surface area contributed by atoms with Crippen LogP contribution in [0.25, 0.3) is 11.1 Å². The lowest BCUT2D eigenvalue weighted by molar-refractivity contribution is -0.131. The number of aromatic nitrogens is 1. The SMILES string of the molecule is CC(=O)CC(=O)C(CO)C(CCO)CC1CC(=O)c2c(O)ccc(-c3ccc(F)nc3)c2C1.CNC.O.[HH].[HH]. The second-order valence-corrected chi connectivity index (χ2v) is 9.20. The van der Waals surface area contributed by atoms with E-state index in [2.05, 4.69) is 10.3 Å². The normalized spacial score (nSPS) is 15.9. The molecule has 1 aromatic heterocycles. The number of nitrogens with zero attached hydrogens (tertiary/aromatic N) is 1. The summed E-state index contributed by atoms with van der Waals surface area (Å²) >= 11 is 0. The number of carbonyl (C=O) groups excluding carboxylic acids is 3. The van der Waals surface area contributed by atoms with E-state index in [9.17, 15) is 34.1 Å². The van der Waals surface area contributed by atoms with E-state index < -0.39 is 24.4 Å². The molecule has 3 atom stereocenters. The van der Waals surface area contributed by atoms with Crippen LogP contribution in [0.4, 0.5) is 4.39 Å². The fourth-order valence-corrected chi connectivity index (χ4v) is 4.82. The molecule has 6 N–H and O–H groups in total. The van der Waals surface area contributed by atoms with Crippen LogP contribution in [0.2, 0.25) is 0 Å². The first kappa shape index (κ1) is 32.0. The van der Waals surface area contributed by atoms with Crippen LogP contribution in [0, 0.1) is 23.7 Å². The number of fused-ring (bicyclic) bond motifs is 1. The van der Waals surface area contributed by atoms with Crippen molar-refractivity contribution in [1.29, 1.82) is 0 Å². The van der Waals surface area contributed by atoms with Gasteiger partial charge in [-0.05, 0) is 81.4 Å². The average molecular weight is 525 g/mol. The second-order valence-electron chi connectivity index (χ2n) is 9.20. The number of aliphatic hydroxyl groups excluding tert-OH is 2. The first-order valence-electron chi connectivity index (χ1n) is 12.0. The topological polar surface area (TPSA) is 168 Å². The molecule has 0 aliphatic heterocycles. The van der Waals surface area contributed by atoms with Crippen LogP contribution in [0.1, 0.15) is 51.4 Å². The van der Waals surface area contributed by atoms with Crippen molar-refractivity contribution in [3.8, 4) is 16.9 Å². The zero-order valence-electron chi connectivity index (χ0n) is 21.5. The maximum atomic E-state index is 13.3. The van der Waals surface area contributed by atoms with E-state index >= 15 is 0 Å². The van der Waals surface area contributed by atoms with Gasteiger partial charge < -0.3 is 26.1 Å². The fraction of sp³-hybridized carbons (Fsp3) is 0.481. The lowest BCUT2D eigenvalue weighted by Gasteiger charge is -2.31. The Hall–Kier alpha value is -3.05. The molecule has 0 radical (unpaired) electrons. The Labute approximate surface area is 219 Å². The summed E-state index contributed by atoms with van der Waals surface area (Å²) in [6, 6.07) is 5.88. The van der Waals surface area contributed by atoms with Gasteiger partial charge in [-0.15, -0.1) is 0 Å². The van der Waals surface area contributed by atoms with Crippen LogP contribution in [-0.2, 0) is 16.0 Å². The van der Waals surface area contributed by atoms with Gasteiger partial charge in [0.25, 0.3) is 0 Å². The predicted octanol–water partition coefficient (Wildman–Crippen LogP) is 2.39. The summed E-state index contributed by atoms with van der Waals surface area (Å²) in [5, 5.41) is 32.5. The lowest BCUT2D eigenvalue weighted by Crippen LogP contribution is -2.32. The average Bonchev–Trinajstić information content (AvgIpc) is 2.80. The summed E-state index contributed by atoms with van der Waals surface area (Å²) in [4.78, 5) is 40.6. The number of pyridine rings is 1. The Morgan fingerprint density at radius 2 is 1.86 bits per heavy atom. The number of ketones is 3. The molecule has 0 amide bonds. The monoisotopic (exact) mass is 524 g/mol. The molecule has 9 nitrogen and oxygen atoms in total. The minimum absolute atomic E-state index is 0. The minimum atomic E-state index is -0.803. The molecule has 0 fully saturated rings. The van der Waals surface area contributed by atoms with Gasteiger partial charge in [0.1, 0.15) is 17.3 Å². The molecule has 0 saturated carbocycles. The highest BCUT2D eigenvalue weighted by molar-refractivity contribution is 6.03. The summed E-state index contributed by atoms with van der Waals surface area (Å²) in [6.07, 6.45) is 2.29. The molecule has 3 rings (SSSR count). The second kappa shape index (κ2) is 15.3. The number of phenols is 1. The summed E-state index contributed by atoms with van der Waals surface area (Å²) < 4.78 is 13.3. The van der Waals surface area contributed by atoms with E-state index in [1.54, 1.807) is 12.1 Å². The number of hydrogen-bond acceptors (Lipinski definition) is 8. The number of hydrogen-bond donors (Lipinski definition) is 4. The quantitative estimate of drug-likeness (QED) is 0.271. The highest BCUT2D eigenvalue weighted by Crippen LogP contribution is 2.41. The standard InChI is InChI=1S/C25H28FNO6.C2H7N.H2O.2H2/c1-14(30)8-22(32)20(13-29)16(6-7-28)9-15-10-19-18(17-2-5-24(26)27-12-17)3-4-21(31)25(19)23(33)11-15;1-3-2;;;/h2-5,12,15-16,20,28-29,31H,6-11,13H2,1H3;3H,1-2H3;1H2;2*1H. The summed E-state index contributed by atoms with van der Waals surface area (Å²) in [6.45, 7) is 0.669. The maximum Gasteiger partial charge on any atom is 0.212 e. The zero-order valence-corrected chi connectivity index (χ0v) is 21.5. The lowest BCUT2D eigenvalue weighted by atomic mass is 9.72. The van der Waals surface area contributed by atoms with E-state index in [-0.39, 0.29) is 68.8 Å². The zero-order chi connectivity index (χ0) is 26.8. The van der Waals surface area contributed by atoms with Crippen LogP contribution in [-0.4, -0.2) is 70.4 Å². The molecular formula is C27H41FN2O7. The molecule has 0 saturated heterocycles. The van der Waals surface area contributed by atoms with Gasteiger partial charge >= 0.3 is 0 Å². The molecule has 0 spiro atoms. The molecule has 0 bridgehead atoms. The van der Waals surface area contributed by atoms with Crippen LogP contribution in [0.15, 0.2) is 30.5 Å². The number of phenolic OH excluding ortho intramolecular Hbond substituents is 1. The molecular weight excluding hydrogens is 483 g/mol. The van der Waals surface area contributed by atoms with Gasteiger partial charge in [-0.25, -0.2) is 4.98 Å². The first-order valence-corrected chi connectivity index (χ1v) is 12.0. The largest absolute Gasteiger partial charge is 0.507 e. The Balaban J connectivity index is 0. The molecule has 10 heteroatoms. The Kier molecular flexibility index (Phi) is 13.2. The van der Waals surface area contributed by atoms with Crippen molar-refractivity contribution < 1.29 is 42.4 Å². The third-order valence-corrected chi connectivity index (χ3v) is 6.31. The summed E-state index contributed by atoms with van der Waals surface area (Å²) in [5.74, 6) is -3.06. The van der Waals surface area contributed by atoms with Crippen LogP contribution in [0.5, 0.6) is 5.75 Å². The number of aromatic hydroxyl groups is 1. The van der Waals surface area contributed by atoms with Gasteiger partial charge in [0.05, 0.1) is 18.6 Å². The van der Waals surface area contributed by atoms with E-state index in [4.69, 9.17) is 0 Å². The highest BCUT2D eigenvalue weighted by Gasteiger charge is 2.35. The van der Waals surface area contributed by atoms with Crippen LogP contribution >= 0.6 is 0 Å². The molecule has 1 aromatic carbocycles. The number of aliphatic hydroxyl groups is 2. The van der Waals surface area contributed by atoms with Crippen LogP contribution < -0.4 is 5.32 Å².